The Morgan fingerprint density at radius 3 is 2.36 bits per heavy atom. The molecule has 2 amide bonds. The third-order valence-corrected chi connectivity index (χ3v) is 7.79. The van der Waals surface area contributed by atoms with E-state index in [1.54, 1.807) is 11.8 Å². The highest BCUT2D eigenvalue weighted by Gasteiger charge is 2.54. The first-order valence-electron chi connectivity index (χ1n) is 12.5. The van der Waals surface area contributed by atoms with Gasteiger partial charge in [-0.3, -0.25) is 9.59 Å². The van der Waals surface area contributed by atoms with Crippen molar-refractivity contribution in [2.75, 3.05) is 16.8 Å². The zero-order chi connectivity index (χ0) is 26.3. The van der Waals surface area contributed by atoms with Crippen LogP contribution < -0.4 is 15.0 Å². The lowest BCUT2D eigenvalue weighted by atomic mass is 9.75. The molecule has 1 saturated heterocycles. The Morgan fingerprint density at radius 2 is 1.78 bits per heavy atom. The molecular weight excluding hydrogens is 469 g/mol. The van der Waals surface area contributed by atoms with Crippen molar-refractivity contribution in [1.82, 2.24) is 0 Å². The highest BCUT2D eigenvalue weighted by Crippen LogP contribution is 2.45. The minimum Gasteiger partial charge on any atom is -0.490 e. The van der Waals surface area contributed by atoms with E-state index in [0.717, 1.165) is 54.6 Å². The van der Waals surface area contributed by atoms with Crippen LogP contribution in [0.25, 0.3) is 0 Å². The first-order valence-corrected chi connectivity index (χ1v) is 12.5. The molecule has 2 aromatic rings. The summed E-state index contributed by atoms with van der Waals surface area (Å²) in [5.41, 5.74) is 0.673. The van der Waals surface area contributed by atoms with Gasteiger partial charge in [-0.25, -0.2) is 0 Å². The molecule has 2 fully saturated rings. The number of alkyl halides is 3. The molecular formula is C28H33F3N2O3. The van der Waals surface area contributed by atoms with E-state index in [1.807, 2.05) is 39.0 Å². The second-order valence-corrected chi connectivity index (χ2v) is 10.1. The quantitative estimate of drug-likeness (QED) is 0.481. The summed E-state index contributed by atoms with van der Waals surface area (Å²) < 4.78 is 46.8. The van der Waals surface area contributed by atoms with Crippen LogP contribution in [0, 0.1) is 25.2 Å². The zero-order valence-electron chi connectivity index (χ0n) is 21.2. The Hall–Kier alpha value is -3.03. The van der Waals surface area contributed by atoms with Gasteiger partial charge in [-0.1, -0.05) is 32.0 Å². The number of benzene rings is 2. The minimum absolute atomic E-state index is 0.0146. The van der Waals surface area contributed by atoms with Gasteiger partial charge in [-0.15, -0.1) is 0 Å². The third kappa shape index (κ3) is 4.82. The van der Waals surface area contributed by atoms with Gasteiger partial charge in [0, 0.05) is 24.0 Å². The van der Waals surface area contributed by atoms with Crippen LogP contribution in [0.4, 0.5) is 24.5 Å². The molecule has 194 valence electrons. The number of amides is 2. The number of hydrogen-bond acceptors (Lipinski definition) is 3. The number of halogens is 3. The number of carbonyl (C=O) groups excluding carboxylic acids is 2. The lowest BCUT2D eigenvalue weighted by molar-refractivity contribution is -0.137. The number of rotatable bonds is 6. The summed E-state index contributed by atoms with van der Waals surface area (Å²) in [7, 11) is 0. The van der Waals surface area contributed by atoms with Gasteiger partial charge in [-0.2, -0.15) is 13.2 Å². The lowest BCUT2D eigenvalue weighted by Gasteiger charge is -2.30. The van der Waals surface area contributed by atoms with E-state index in [-0.39, 0.29) is 30.0 Å². The maximum absolute atomic E-state index is 13.7. The summed E-state index contributed by atoms with van der Waals surface area (Å²) in [6.07, 6.45) is -0.804. The van der Waals surface area contributed by atoms with Gasteiger partial charge < -0.3 is 15.0 Å². The van der Waals surface area contributed by atoms with E-state index in [1.165, 1.54) is 6.07 Å². The van der Waals surface area contributed by atoms with E-state index >= 15 is 0 Å². The monoisotopic (exact) mass is 502 g/mol. The van der Waals surface area contributed by atoms with E-state index < -0.39 is 29.0 Å². The van der Waals surface area contributed by atoms with Crippen molar-refractivity contribution >= 4 is 23.2 Å². The van der Waals surface area contributed by atoms with Crippen LogP contribution in [0.15, 0.2) is 36.4 Å². The third-order valence-electron chi connectivity index (χ3n) is 7.79. The number of para-hydroxylation sites is 1. The number of nitrogens with zero attached hydrogens (tertiary/aromatic N) is 1. The van der Waals surface area contributed by atoms with E-state index in [2.05, 4.69) is 5.32 Å². The summed E-state index contributed by atoms with van der Waals surface area (Å²) in [5, 5.41) is 2.71. The van der Waals surface area contributed by atoms with Gasteiger partial charge in [0.15, 0.2) is 0 Å². The van der Waals surface area contributed by atoms with Crippen LogP contribution in [0.5, 0.6) is 5.75 Å². The molecule has 2 aliphatic rings. The Kier molecular flexibility index (Phi) is 7.08. The summed E-state index contributed by atoms with van der Waals surface area (Å²) in [4.78, 5) is 28.7. The number of hydrogen-bond donors (Lipinski definition) is 1. The highest BCUT2D eigenvalue weighted by molar-refractivity contribution is 6.07. The molecule has 2 atom stereocenters. The molecule has 0 spiro atoms. The molecule has 0 bridgehead atoms. The van der Waals surface area contributed by atoms with Crippen LogP contribution in [0.1, 0.15) is 62.6 Å². The van der Waals surface area contributed by atoms with Gasteiger partial charge in [0.1, 0.15) is 5.75 Å². The maximum atomic E-state index is 13.7. The normalized spacial score (nSPS) is 22.8. The van der Waals surface area contributed by atoms with Crippen LogP contribution >= 0.6 is 0 Å². The molecule has 36 heavy (non-hydrogen) atoms. The lowest BCUT2D eigenvalue weighted by Crippen LogP contribution is -2.42. The van der Waals surface area contributed by atoms with Gasteiger partial charge in [0.05, 0.1) is 23.0 Å². The van der Waals surface area contributed by atoms with E-state index in [9.17, 15) is 22.8 Å². The fourth-order valence-corrected chi connectivity index (χ4v) is 5.59. The second-order valence-electron chi connectivity index (χ2n) is 10.1. The van der Waals surface area contributed by atoms with Gasteiger partial charge in [-0.05, 0) is 69.2 Å². The van der Waals surface area contributed by atoms with Crippen molar-refractivity contribution in [1.29, 1.82) is 0 Å². The van der Waals surface area contributed by atoms with Crippen LogP contribution in [-0.4, -0.2) is 24.5 Å². The molecule has 5 nitrogen and oxygen atoms in total. The summed E-state index contributed by atoms with van der Waals surface area (Å²) in [6.45, 7) is 7.55. The molecule has 1 aliphatic carbocycles. The predicted octanol–water partition coefficient (Wildman–Crippen LogP) is 6.66. The Labute approximate surface area is 210 Å². The molecule has 8 heteroatoms. The average molecular weight is 503 g/mol. The van der Waals surface area contributed by atoms with Crippen LogP contribution in [0.2, 0.25) is 0 Å². The second kappa shape index (κ2) is 9.79. The van der Waals surface area contributed by atoms with Gasteiger partial charge in [0.2, 0.25) is 11.8 Å². The number of ether oxygens (including phenoxy) is 1. The number of aryl methyl sites for hydroxylation is 2. The van der Waals surface area contributed by atoms with Crippen molar-refractivity contribution in [3.05, 3.63) is 53.1 Å². The number of nitrogens with one attached hydrogen (secondary N) is 1. The van der Waals surface area contributed by atoms with Crippen molar-refractivity contribution in [3.8, 4) is 5.75 Å². The minimum atomic E-state index is -4.59. The standard InChI is InChI=1S/C28H33F3N2O3/c1-5-27(16-33(25(34)19(27)4)24-17(2)9-8-10-18(24)3)26(35)32-21-13-20(28(29,30)31)14-23(15-21)36-22-11-6-7-12-22/h8-10,13-15,19,22H,5-7,11-12,16H2,1-4H3,(H,32,35)/t19?,27-/m1/s1. The van der Waals surface area contributed by atoms with Crippen LogP contribution in [0.3, 0.4) is 0 Å². The van der Waals surface area contributed by atoms with E-state index in [4.69, 9.17) is 4.74 Å². The maximum Gasteiger partial charge on any atom is 0.416 e. The zero-order valence-corrected chi connectivity index (χ0v) is 21.2. The molecule has 4 rings (SSSR count). The first-order chi connectivity index (χ1) is 17.0. The van der Waals surface area contributed by atoms with Crippen LogP contribution in [-0.2, 0) is 15.8 Å². The van der Waals surface area contributed by atoms with E-state index in [0.29, 0.717) is 6.42 Å². The SMILES string of the molecule is CC[C@@]1(C(=O)Nc2cc(OC3CCCC3)cc(C(F)(F)F)c2)CN(c2c(C)cccc2C)C(=O)C1C. The van der Waals surface area contributed by atoms with Gasteiger partial charge >= 0.3 is 6.18 Å². The molecule has 1 heterocycles. The Balaban J connectivity index is 1.65. The molecule has 1 aliphatic heterocycles. The average Bonchev–Trinajstić information content (AvgIpc) is 3.40. The van der Waals surface area contributed by atoms with Crippen molar-refractivity contribution in [2.24, 2.45) is 11.3 Å². The Morgan fingerprint density at radius 1 is 1.14 bits per heavy atom. The van der Waals surface area contributed by atoms with Gasteiger partial charge in [0.25, 0.3) is 0 Å². The summed E-state index contributed by atoms with van der Waals surface area (Å²) >= 11 is 0. The molecule has 1 unspecified atom stereocenters. The fraction of sp³-hybridized carbons (Fsp3) is 0.500. The molecule has 1 saturated carbocycles. The summed E-state index contributed by atoms with van der Waals surface area (Å²) in [6, 6.07) is 9.10. The molecule has 0 aromatic heterocycles. The van der Waals surface area contributed by atoms with Crippen molar-refractivity contribution < 1.29 is 27.5 Å². The Bertz CT molecular complexity index is 1140. The summed E-state index contributed by atoms with van der Waals surface area (Å²) in [5.74, 6) is -1.18. The fourth-order valence-electron chi connectivity index (χ4n) is 5.59. The molecule has 0 radical (unpaired) electrons. The largest absolute Gasteiger partial charge is 0.490 e. The smallest absolute Gasteiger partial charge is 0.416 e. The van der Waals surface area contributed by atoms with Crippen molar-refractivity contribution in [3.63, 3.8) is 0 Å². The topological polar surface area (TPSA) is 58.6 Å². The number of anilines is 2. The molecule has 2 aromatic carbocycles. The first kappa shape index (κ1) is 26.0. The number of carbonyl (C=O) groups is 2. The molecule has 1 N–H and O–H groups in total. The highest BCUT2D eigenvalue weighted by atomic mass is 19.4. The van der Waals surface area contributed by atoms with Crippen molar-refractivity contribution in [2.45, 2.75) is 72.1 Å². The predicted molar refractivity (Wildman–Crippen MR) is 133 cm³/mol.